The minimum absolute atomic E-state index is 0.221. The van der Waals surface area contributed by atoms with Crippen LogP contribution in [0.25, 0.3) is 0 Å². The van der Waals surface area contributed by atoms with Crippen LogP contribution in [0.2, 0.25) is 0 Å². The molecular weight excluding hydrogens is 400 g/mol. The summed E-state index contributed by atoms with van der Waals surface area (Å²) in [6, 6.07) is 2.39. The second-order valence-corrected chi connectivity index (χ2v) is 11.8. The standard InChI is InChI=1S/C26H40N4O2/c1-16(30-24(28)18(13-27)14-29-30)22-6-7-23-21-5-4-17-12-26(31,15-32-3)11-9-19(17)20(21)8-10-25(22,23)2/h14,16-17,19-23,31H,4-12,15,28H2,1-3H3/t16-,17-,19+,20-,21-,22?,23+,25-,26-/m1/s1. The predicted octanol–water partition coefficient (Wildman–Crippen LogP) is 4.54. The Kier molecular flexibility index (Phi) is 5.57. The first kappa shape index (κ1) is 22.2. The summed E-state index contributed by atoms with van der Waals surface area (Å²) in [5.41, 5.74) is 6.47. The van der Waals surface area contributed by atoms with Crippen LogP contribution in [0.4, 0.5) is 5.82 Å². The maximum atomic E-state index is 11.0. The number of rotatable bonds is 4. The Balaban J connectivity index is 1.33. The van der Waals surface area contributed by atoms with Gasteiger partial charge in [-0.05, 0) is 106 Å². The van der Waals surface area contributed by atoms with Gasteiger partial charge in [-0.2, -0.15) is 10.4 Å². The van der Waals surface area contributed by atoms with E-state index in [0.29, 0.717) is 35.2 Å². The van der Waals surface area contributed by atoms with Gasteiger partial charge in [0.05, 0.1) is 24.4 Å². The molecule has 1 aromatic rings. The van der Waals surface area contributed by atoms with Crippen LogP contribution < -0.4 is 5.73 Å². The molecule has 0 aromatic carbocycles. The summed E-state index contributed by atoms with van der Waals surface area (Å²) >= 11 is 0. The van der Waals surface area contributed by atoms with Crippen molar-refractivity contribution in [3.63, 3.8) is 0 Å². The van der Waals surface area contributed by atoms with Gasteiger partial charge in [-0.3, -0.25) is 0 Å². The molecule has 1 heterocycles. The van der Waals surface area contributed by atoms with Crippen molar-refractivity contribution in [2.24, 2.45) is 40.9 Å². The minimum atomic E-state index is -0.605. The molecule has 4 aliphatic carbocycles. The molecule has 5 rings (SSSR count). The Labute approximate surface area is 192 Å². The van der Waals surface area contributed by atoms with Crippen LogP contribution in [-0.4, -0.2) is 34.2 Å². The van der Waals surface area contributed by atoms with Gasteiger partial charge >= 0.3 is 0 Å². The normalized spacial score (nSPS) is 44.2. The number of hydrogen-bond acceptors (Lipinski definition) is 5. The second kappa shape index (κ2) is 8.02. The van der Waals surface area contributed by atoms with Crippen molar-refractivity contribution >= 4 is 5.82 Å². The van der Waals surface area contributed by atoms with Crippen LogP contribution in [0, 0.1) is 52.3 Å². The average molecular weight is 441 g/mol. The van der Waals surface area contributed by atoms with Gasteiger partial charge in [0.15, 0.2) is 0 Å². The number of nitrogens with zero attached hydrogens (tertiary/aromatic N) is 3. The Bertz CT molecular complexity index is 893. The first-order chi connectivity index (χ1) is 15.3. The highest BCUT2D eigenvalue weighted by Crippen LogP contribution is 2.66. The molecule has 32 heavy (non-hydrogen) atoms. The monoisotopic (exact) mass is 440 g/mol. The fourth-order valence-corrected chi connectivity index (χ4v) is 9.15. The molecule has 6 nitrogen and oxygen atoms in total. The zero-order valence-electron chi connectivity index (χ0n) is 20.0. The van der Waals surface area contributed by atoms with E-state index in [1.807, 2.05) is 4.68 Å². The Morgan fingerprint density at radius 3 is 2.72 bits per heavy atom. The highest BCUT2D eigenvalue weighted by molar-refractivity contribution is 5.47. The van der Waals surface area contributed by atoms with E-state index in [9.17, 15) is 10.4 Å². The maximum Gasteiger partial charge on any atom is 0.140 e. The lowest BCUT2D eigenvalue weighted by Gasteiger charge is -2.57. The van der Waals surface area contributed by atoms with Crippen molar-refractivity contribution in [3.8, 4) is 6.07 Å². The number of nitrogens with two attached hydrogens (primary N) is 1. The Morgan fingerprint density at radius 1 is 1.22 bits per heavy atom. The first-order valence-electron chi connectivity index (χ1n) is 12.8. The molecule has 1 aromatic heterocycles. The fraction of sp³-hybridized carbons (Fsp3) is 0.846. The van der Waals surface area contributed by atoms with Crippen LogP contribution in [0.1, 0.15) is 83.2 Å². The number of ether oxygens (including phenoxy) is 1. The van der Waals surface area contributed by atoms with Crippen molar-refractivity contribution in [2.75, 3.05) is 19.5 Å². The SMILES string of the molecule is COC[C@@]1(O)CC[C@H]2[C@H](CC[C@@H]3[C@@H]2CC[C@]2(C)C([C@@H](C)n4ncc(C#N)c4N)CC[C@@H]32)C1. The van der Waals surface area contributed by atoms with E-state index in [-0.39, 0.29) is 6.04 Å². The van der Waals surface area contributed by atoms with E-state index in [2.05, 4.69) is 25.0 Å². The molecule has 1 unspecified atom stereocenters. The van der Waals surface area contributed by atoms with Crippen molar-refractivity contribution in [3.05, 3.63) is 11.8 Å². The quantitative estimate of drug-likeness (QED) is 0.716. The Hall–Kier alpha value is -1.58. The molecule has 0 amide bonds. The van der Waals surface area contributed by atoms with Crippen LogP contribution in [0.3, 0.4) is 0 Å². The number of anilines is 1. The third-order valence-electron chi connectivity index (χ3n) is 10.5. The van der Waals surface area contributed by atoms with Crippen molar-refractivity contribution in [1.82, 2.24) is 9.78 Å². The van der Waals surface area contributed by atoms with Gasteiger partial charge in [0.25, 0.3) is 0 Å². The van der Waals surface area contributed by atoms with Crippen LogP contribution in [0.5, 0.6) is 0 Å². The van der Waals surface area contributed by atoms with Crippen LogP contribution in [-0.2, 0) is 4.74 Å². The van der Waals surface area contributed by atoms with E-state index in [0.717, 1.165) is 42.9 Å². The van der Waals surface area contributed by atoms with E-state index in [1.54, 1.807) is 13.3 Å². The summed E-state index contributed by atoms with van der Waals surface area (Å²) in [6.07, 6.45) is 12.3. The summed E-state index contributed by atoms with van der Waals surface area (Å²) < 4.78 is 7.26. The predicted molar refractivity (Wildman–Crippen MR) is 123 cm³/mol. The van der Waals surface area contributed by atoms with Crippen LogP contribution >= 0.6 is 0 Å². The molecule has 0 spiro atoms. The molecule has 3 N–H and O–H groups in total. The summed E-state index contributed by atoms with van der Waals surface area (Å²) in [5.74, 6) is 4.95. The van der Waals surface area contributed by atoms with Crippen molar-refractivity contribution in [1.29, 1.82) is 5.26 Å². The molecule has 0 bridgehead atoms. The molecular formula is C26H40N4O2. The van der Waals surface area contributed by atoms with Gasteiger partial charge in [0.1, 0.15) is 17.5 Å². The molecule has 4 saturated carbocycles. The molecule has 4 fully saturated rings. The van der Waals surface area contributed by atoms with Gasteiger partial charge in [-0.1, -0.05) is 6.92 Å². The van der Waals surface area contributed by atoms with Crippen LogP contribution in [0.15, 0.2) is 6.20 Å². The number of nitriles is 1. The Morgan fingerprint density at radius 2 is 2.00 bits per heavy atom. The topological polar surface area (TPSA) is 97.1 Å². The zero-order valence-corrected chi connectivity index (χ0v) is 20.0. The molecule has 176 valence electrons. The number of methoxy groups -OCH3 is 1. The van der Waals surface area contributed by atoms with E-state index >= 15 is 0 Å². The van der Waals surface area contributed by atoms with Gasteiger partial charge in [-0.25, -0.2) is 4.68 Å². The lowest BCUT2D eigenvalue weighted by molar-refractivity contribution is -0.125. The van der Waals surface area contributed by atoms with Gasteiger partial charge < -0.3 is 15.6 Å². The summed E-state index contributed by atoms with van der Waals surface area (Å²) in [4.78, 5) is 0. The third kappa shape index (κ3) is 3.30. The molecule has 9 atom stereocenters. The molecule has 0 aliphatic heterocycles. The van der Waals surface area contributed by atoms with E-state index in [1.165, 1.54) is 38.5 Å². The minimum Gasteiger partial charge on any atom is -0.387 e. The lowest BCUT2D eigenvalue weighted by atomic mass is 9.48. The highest BCUT2D eigenvalue weighted by atomic mass is 16.5. The molecule has 6 heteroatoms. The number of aliphatic hydroxyl groups is 1. The summed E-state index contributed by atoms with van der Waals surface area (Å²) in [6.45, 7) is 5.27. The number of aromatic nitrogens is 2. The number of nitrogen functional groups attached to an aromatic ring is 1. The third-order valence-corrected chi connectivity index (χ3v) is 10.5. The molecule has 0 saturated heterocycles. The number of fused-ring (bicyclic) bond motifs is 5. The van der Waals surface area contributed by atoms with Gasteiger partial charge in [-0.15, -0.1) is 0 Å². The van der Waals surface area contributed by atoms with E-state index < -0.39 is 5.60 Å². The number of hydrogen-bond donors (Lipinski definition) is 2. The average Bonchev–Trinajstić information content (AvgIpc) is 3.32. The smallest absolute Gasteiger partial charge is 0.140 e. The first-order valence-corrected chi connectivity index (χ1v) is 12.8. The highest BCUT2D eigenvalue weighted by Gasteiger charge is 2.58. The molecule has 0 radical (unpaired) electrons. The van der Waals surface area contributed by atoms with E-state index in [4.69, 9.17) is 10.5 Å². The van der Waals surface area contributed by atoms with Gasteiger partial charge in [0, 0.05) is 7.11 Å². The summed E-state index contributed by atoms with van der Waals surface area (Å²) in [5, 5.41) is 24.8. The van der Waals surface area contributed by atoms with Crippen molar-refractivity contribution < 1.29 is 9.84 Å². The van der Waals surface area contributed by atoms with Crippen molar-refractivity contribution in [2.45, 2.75) is 83.3 Å². The van der Waals surface area contributed by atoms with Gasteiger partial charge in [0.2, 0.25) is 0 Å². The fourth-order valence-electron chi connectivity index (χ4n) is 9.15. The molecule has 4 aliphatic rings. The largest absolute Gasteiger partial charge is 0.387 e. The zero-order chi connectivity index (χ0) is 22.7. The maximum absolute atomic E-state index is 11.0. The summed E-state index contributed by atoms with van der Waals surface area (Å²) in [7, 11) is 1.71. The lowest BCUT2D eigenvalue weighted by Crippen LogP contribution is -2.52. The second-order valence-electron chi connectivity index (χ2n) is 11.8.